The number of aromatic nitrogens is 7. The highest BCUT2D eigenvalue weighted by molar-refractivity contribution is 8.07. The lowest BCUT2D eigenvalue weighted by molar-refractivity contribution is -0.119. The molecule has 0 saturated carbocycles. The predicted molar refractivity (Wildman–Crippen MR) is 312 cm³/mol. The molecule has 4 aromatic heterocycles. The van der Waals surface area contributed by atoms with Crippen molar-refractivity contribution in [1.82, 2.24) is 39.0 Å². The third kappa shape index (κ3) is 14.5. The summed E-state index contributed by atoms with van der Waals surface area (Å²) < 4.78 is 97.8. The fourth-order valence-electron chi connectivity index (χ4n) is 9.68. The number of imidazole rings is 1. The summed E-state index contributed by atoms with van der Waals surface area (Å²) in [6.45, 7) is 18.6. The molecule has 2 N–H and O–H groups in total. The van der Waals surface area contributed by atoms with Crippen LogP contribution in [0.5, 0.6) is 0 Å². The zero-order valence-corrected chi connectivity index (χ0v) is 52.6. The number of hydrogen-bond donors (Lipinski definition) is 2. The van der Waals surface area contributed by atoms with E-state index in [2.05, 4.69) is 49.7 Å². The van der Waals surface area contributed by atoms with E-state index in [-0.39, 0.29) is 81.0 Å². The molecule has 4 aliphatic heterocycles. The van der Waals surface area contributed by atoms with Gasteiger partial charge >= 0.3 is 20.6 Å². The molecule has 8 heterocycles. The van der Waals surface area contributed by atoms with Gasteiger partial charge in [0.2, 0.25) is 6.54 Å². The molecule has 0 aliphatic carbocycles. The Labute approximate surface area is 491 Å². The molecule has 2 amide bonds. The lowest BCUT2D eigenvalue weighted by atomic mass is 10.1. The van der Waals surface area contributed by atoms with Crippen LogP contribution in [0.25, 0.3) is 27.0 Å². The second-order valence-electron chi connectivity index (χ2n) is 23.4. The first-order valence-electron chi connectivity index (χ1n) is 27.6. The molecule has 9 rings (SSSR count). The summed E-state index contributed by atoms with van der Waals surface area (Å²) in [5.41, 5.74) is 0.809. The average Bonchev–Trinajstić information content (AvgIpc) is 1.87. The predicted octanol–water partition coefficient (Wildman–Crippen LogP) is 7.27. The molecule has 1 aromatic carbocycles. The van der Waals surface area contributed by atoms with Crippen LogP contribution in [0.1, 0.15) is 62.0 Å². The van der Waals surface area contributed by atoms with Crippen LogP contribution in [0.3, 0.4) is 0 Å². The number of phosphoric acid groups is 1. The standard InChI is InChI=1S/C52H71FN10O16P2SSi2/c1-52(2,3)84(8,9)79-42-37-28-73-80(68,69)77-41-36(75-49(39(41)53)62-27-34-16-13-19-61(44-38(34)45(62)57-30-56-44)47(65)33-14-11-10-12-15-33)29-74-81(82,72-22-18-54-4)78-43(42)50(76-37)63-32-58-40-46(63)59-31-60(48(40)66)20-23-70-21-17-35(64)26-55-51(67)71-24-25-83(5,6)7/h10-12,14-15,27,30-32,36-37,39,41-43,49-50H,13,16-26,28-29H2,1-3,5-9H3,(H,55,67)(H,68,69)/t36-,37-,39-,41-,42-,43-,49-,50-,81?/m1/s1. The van der Waals surface area contributed by atoms with Gasteiger partial charge in [0.1, 0.15) is 61.2 Å². The molecule has 0 spiro atoms. The van der Waals surface area contributed by atoms with Gasteiger partial charge in [0.25, 0.3) is 11.5 Å². The lowest BCUT2D eigenvalue weighted by Crippen LogP contribution is -2.50. The van der Waals surface area contributed by atoms with Crippen LogP contribution in [0, 0.1) is 6.57 Å². The van der Waals surface area contributed by atoms with Gasteiger partial charge in [-0.2, -0.15) is 0 Å². The molecular formula is C52H71FN10O16P2SSi2. The molecule has 26 nitrogen and oxygen atoms in total. The van der Waals surface area contributed by atoms with E-state index in [0.717, 1.165) is 6.04 Å². The number of Topliss-reactive ketones (excluding diaryl/α,β-unsaturated/α-hetero) is 1. The van der Waals surface area contributed by atoms with Crippen LogP contribution in [0.15, 0.2) is 60.3 Å². The molecule has 456 valence electrons. The van der Waals surface area contributed by atoms with Crippen molar-refractivity contribution in [3.63, 3.8) is 0 Å². The monoisotopic (exact) mass is 1260 g/mol. The minimum absolute atomic E-state index is 0.00697. The number of alkyl carbamates (subject to hydrolysis) is 1. The number of nitrogens with zero attached hydrogens (tertiary/aromatic N) is 9. The van der Waals surface area contributed by atoms with E-state index in [0.29, 0.717) is 41.7 Å². The zero-order chi connectivity index (χ0) is 60.4. The Morgan fingerprint density at radius 1 is 0.929 bits per heavy atom. The Morgan fingerprint density at radius 3 is 2.42 bits per heavy atom. The summed E-state index contributed by atoms with van der Waals surface area (Å²) >= 11 is 6.15. The van der Waals surface area contributed by atoms with Crippen LogP contribution in [-0.4, -0.2) is 169 Å². The Kier molecular flexibility index (Phi) is 19.7. The number of halogens is 1. The van der Waals surface area contributed by atoms with E-state index in [1.165, 1.54) is 32.7 Å². The third-order valence-corrected chi connectivity index (χ3v) is 24.7. The van der Waals surface area contributed by atoms with Crippen LogP contribution in [0.4, 0.5) is 15.0 Å². The van der Waals surface area contributed by atoms with E-state index < -0.39 is 110 Å². The number of rotatable bonds is 19. The van der Waals surface area contributed by atoms with Crippen molar-refractivity contribution in [1.29, 1.82) is 0 Å². The first kappa shape index (κ1) is 63.4. The fraction of sp³-hybridized carbons (Fsp3) is 0.596. The summed E-state index contributed by atoms with van der Waals surface area (Å²) in [5, 5.41) is 2.53. The topological polar surface area (TPSA) is 284 Å². The van der Waals surface area contributed by atoms with Gasteiger partial charge in [0, 0.05) is 32.8 Å². The number of ketones is 1. The highest BCUT2D eigenvalue weighted by Crippen LogP contribution is 2.58. The van der Waals surface area contributed by atoms with Gasteiger partial charge < -0.3 is 52.0 Å². The fourth-order valence-corrected chi connectivity index (χ4v) is 14.7. The highest BCUT2D eigenvalue weighted by atomic mass is 32.5. The molecule has 4 aliphatic rings. The van der Waals surface area contributed by atoms with Gasteiger partial charge in [0.05, 0.1) is 57.8 Å². The first-order valence-corrected chi connectivity index (χ1v) is 38.3. The average molecular weight is 1260 g/mol. The molecule has 3 saturated heterocycles. The van der Waals surface area contributed by atoms with Gasteiger partial charge in [-0.3, -0.25) is 42.0 Å². The summed E-state index contributed by atoms with van der Waals surface area (Å²) in [6, 6.07) is 9.55. The number of nitrogens with one attached hydrogen (secondary N) is 1. The van der Waals surface area contributed by atoms with Crippen LogP contribution >= 0.6 is 14.5 Å². The Morgan fingerprint density at radius 2 is 1.68 bits per heavy atom. The molecule has 32 heteroatoms. The Balaban J connectivity index is 0.971. The maximum atomic E-state index is 17.4. The number of alkyl halides is 1. The van der Waals surface area contributed by atoms with Crippen molar-refractivity contribution < 1.29 is 74.2 Å². The van der Waals surface area contributed by atoms with Crippen molar-refractivity contribution in [3.8, 4) is 0 Å². The molecule has 3 fully saturated rings. The van der Waals surface area contributed by atoms with E-state index in [4.69, 9.17) is 64.4 Å². The number of ether oxygens (including phenoxy) is 4. The van der Waals surface area contributed by atoms with E-state index in [1.807, 2.05) is 39.9 Å². The summed E-state index contributed by atoms with van der Waals surface area (Å²) in [6.07, 6.45) is -6.23. The Hall–Kier alpha value is -5.07. The summed E-state index contributed by atoms with van der Waals surface area (Å²) in [7, 11) is -9.52. The summed E-state index contributed by atoms with van der Waals surface area (Å²) in [5.74, 6) is -0.227. The second kappa shape index (κ2) is 26.1. The second-order valence-corrected chi connectivity index (χ2v) is 38.2. The number of aryl methyl sites for hydroxylation is 1. The van der Waals surface area contributed by atoms with Crippen LogP contribution < -0.4 is 15.8 Å². The minimum atomic E-state index is -5.26. The number of fused-ring (bicyclic) bond motifs is 4. The number of phosphoric ester groups is 1. The number of hydrogen-bond acceptors (Lipinski definition) is 20. The van der Waals surface area contributed by atoms with E-state index in [9.17, 15) is 28.6 Å². The quantitative estimate of drug-likeness (QED) is 0.0355. The number of amides is 2. The van der Waals surface area contributed by atoms with Crippen molar-refractivity contribution in [2.45, 2.75) is 140 Å². The molecule has 84 heavy (non-hydrogen) atoms. The molecular weight excluding hydrogens is 1190 g/mol. The number of carbonyl (C=O) groups is 3. The Bertz CT molecular complexity index is 3420. The summed E-state index contributed by atoms with van der Waals surface area (Å²) in [4.78, 5) is 87.0. The number of carbonyl (C=O) groups excluding carboxylic acids is 3. The largest absolute Gasteiger partial charge is 0.472 e. The maximum Gasteiger partial charge on any atom is 0.472 e. The number of anilines is 1. The van der Waals surface area contributed by atoms with Gasteiger partial charge in [0.15, 0.2) is 43.9 Å². The maximum absolute atomic E-state index is 17.4. The van der Waals surface area contributed by atoms with Gasteiger partial charge in [-0.05, 0) is 66.5 Å². The molecule has 2 unspecified atom stereocenters. The lowest BCUT2D eigenvalue weighted by Gasteiger charge is -2.41. The van der Waals surface area contributed by atoms with Gasteiger partial charge in [-0.1, -0.05) is 58.6 Å². The van der Waals surface area contributed by atoms with E-state index >= 15 is 4.39 Å². The van der Waals surface area contributed by atoms with Crippen molar-refractivity contribution >= 4 is 88.5 Å². The zero-order valence-electron chi connectivity index (χ0n) is 48.0. The molecule has 10 atom stereocenters. The normalized spacial score (nSPS) is 26.8. The minimum Gasteiger partial charge on any atom is -0.450 e. The SMILES string of the molecule is [C-]#[N+]CCOP1(=S)OC[C@H]2O[C@@H](n3cc4c5c(ncnc53)N(C(=O)c3ccccc3)CCC4)[C@H](F)[C@@H]2OP(=O)(O)OC[C@H]2O[C@@H](n3cnc4c(=O)n(CCOCCC(=O)CNC(=O)OCC[Si](C)(C)C)cnc43)[C@H](O1)[C@@H]2O[Si](C)(C)C(C)(C)C. The molecule has 2 bridgehead atoms. The molecule has 0 radical (unpaired) electrons. The van der Waals surface area contributed by atoms with Gasteiger partial charge in [-0.25, -0.2) is 40.3 Å². The van der Waals surface area contributed by atoms with Crippen LogP contribution in [0.2, 0.25) is 43.8 Å². The highest BCUT2D eigenvalue weighted by Gasteiger charge is 2.57. The van der Waals surface area contributed by atoms with Crippen molar-refractivity contribution in [3.05, 3.63) is 88.4 Å². The van der Waals surface area contributed by atoms with Crippen molar-refractivity contribution in [2.24, 2.45) is 0 Å². The van der Waals surface area contributed by atoms with Gasteiger partial charge in [-0.15, -0.1) is 0 Å². The van der Waals surface area contributed by atoms with E-state index in [1.54, 1.807) is 35.4 Å². The van der Waals surface area contributed by atoms with Crippen molar-refractivity contribution in [2.75, 3.05) is 64.2 Å². The first-order chi connectivity index (χ1) is 39.8. The van der Waals surface area contributed by atoms with Crippen LogP contribution in [-0.2, 0) is 80.1 Å². The molecule has 5 aromatic rings. The third-order valence-electron chi connectivity index (χ3n) is 15.2. The number of benzene rings is 1. The smallest absolute Gasteiger partial charge is 0.450 e.